The summed E-state index contributed by atoms with van der Waals surface area (Å²) in [5.41, 5.74) is 0. The molecular weight excluding hydrogens is 132 g/mol. The van der Waals surface area contributed by atoms with Gasteiger partial charge in [-0.3, -0.25) is 0 Å². The standard InChI is InChI=1S/C3H8O2S2/c1-3(2)7(4,5)6/h3H,1-2H3,(H,4,5,6)/p+1. The fraction of sp³-hybridized carbons (Fsp3) is 1.00. The molecule has 0 aromatic rings. The topological polar surface area (TPSA) is 34.1 Å². The van der Waals surface area contributed by atoms with Gasteiger partial charge in [-0.05, 0) is 13.8 Å². The molecule has 0 aromatic heterocycles. The molecule has 0 saturated carbocycles. The SMILES string of the molecule is CC(C)S(=O)(=O)[SH2+]. The van der Waals surface area contributed by atoms with E-state index in [0.717, 1.165) is 0 Å². The minimum Gasteiger partial charge on any atom is -0.178 e. The van der Waals surface area contributed by atoms with E-state index < -0.39 is 8.87 Å². The highest BCUT2D eigenvalue weighted by molar-refractivity contribution is 8.53. The summed E-state index contributed by atoms with van der Waals surface area (Å²) in [6, 6.07) is 0. The van der Waals surface area contributed by atoms with Gasteiger partial charge in [-0.2, -0.15) is 8.42 Å². The highest BCUT2D eigenvalue weighted by Gasteiger charge is 2.13. The predicted molar refractivity (Wildman–Crippen MR) is 34.2 cm³/mol. The lowest BCUT2D eigenvalue weighted by atomic mass is 10.6. The highest BCUT2D eigenvalue weighted by Crippen LogP contribution is 1.94. The molecule has 0 aromatic carbocycles. The first-order chi connectivity index (χ1) is 2.94. The Morgan fingerprint density at radius 1 is 1.43 bits per heavy atom. The average molecular weight is 141 g/mol. The first-order valence-electron chi connectivity index (χ1n) is 1.93. The van der Waals surface area contributed by atoms with E-state index >= 15 is 0 Å². The lowest BCUT2D eigenvalue weighted by Crippen LogP contribution is -2.08. The Hall–Kier alpha value is 0.300. The van der Waals surface area contributed by atoms with Crippen molar-refractivity contribution in [3.63, 3.8) is 0 Å². The van der Waals surface area contributed by atoms with Gasteiger partial charge in [0.1, 0.15) is 5.25 Å². The van der Waals surface area contributed by atoms with Crippen LogP contribution in [0.2, 0.25) is 0 Å². The monoisotopic (exact) mass is 141 g/mol. The van der Waals surface area contributed by atoms with E-state index in [2.05, 4.69) is 11.7 Å². The predicted octanol–water partition coefficient (Wildman–Crippen LogP) is -0.264. The largest absolute Gasteiger partial charge is 0.312 e. The van der Waals surface area contributed by atoms with Crippen molar-refractivity contribution in [2.45, 2.75) is 19.1 Å². The Labute approximate surface area is 48.6 Å². The average Bonchev–Trinajstić information content (AvgIpc) is 1.31. The van der Waals surface area contributed by atoms with Crippen molar-refractivity contribution in [3.8, 4) is 0 Å². The summed E-state index contributed by atoms with van der Waals surface area (Å²) >= 11 is 2.56. The van der Waals surface area contributed by atoms with Crippen molar-refractivity contribution in [1.29, 1.82) is 0 Å². The minimum absolute atomic E-state index is 0.316. The molecule has 0 radical (unpaired) electrons. The van der Waals surface area contributed by atoms with Crippen molar-refractivity contribution >= 4 is 20.5 Å². The van der Waals surface area contributed by atoms with E-state index in [4.69, 9.17) is 0 Å². The first kappa shape index (κ1) is 7.30. The van der Waals surface area contributed by atoms with Crippen LogP contribution in [0.4, 0.5) is 0 Å². The summed E-state index contributed by atoms with van der Waals surface area (Å²) in [4.78, 5) is 0. The lowest BCUT2D eigenvalue weighted by molar-refractivity contribution is 0.603. The molecule has 0 N–H and O–H groups in total. The maximum Gasteiger partial charge on any atom is 0.312 e. The molecule has 0 rings (SSSR count). The molecule has 0 saturated heterocycles. The van der Waals surface area contributed by atoms with Crippen molar-refractivity contribution in [1.82, 2.24) is 0 Å². The third-order valence-electron chi connectivity index (χ3n) is 0.621. The van der Waals surface area contributed by atoms with Gasteiger partial charge in [0.05, 0.1) is 11.7 Å². The minimum atomic E-state index is -2.94. The number of hydrogen-bond donors (Lipinski definition) is 0. The zero-order valence-electron chi connectivity index (χ0n) is 4.30. The van der Waals surface area contributed by atoms with Gasteiger partial charge < -0.3 is 0 Å². The number of hydrogen-bond acceptors (Lipinski definition) is 2. The summed E-state index contributed by atoms with van der Waals surface area (Å²) in [6.45, 7) is 3.23. The third-order valence-corrected chi connectivity index (χ3v) is 3.28. The molecule has 0 bridgehead atoms. The molecule has 0 spiro atoms. The number of rotatable bonds is 1. The van der Waals surface area contributed by atoms with E-state index in [1.807, 2.05) is 0 Å². The normalized spacial score (nSPS) is 12.6. The van der Waals surface area contributed by atoms with Crippen molar-refractivity contribution in [2.24, 2.45) is 0 Å². The summed E-state index contributed by atoms with van der Waals surface area (Å²) in [7, 11) is -2.94. The van der Waals surface area contributed by atoms with Crippen LogP contribution in [0.3, 0.4) is 0 Å². The highest BCUT2D eigenvalue weighted by atomic mass is 33.1. The molecule has 0 aliphatic rings. The molecule has 0 amide bonds. The van der Waals surface area contributed by atoms with Crippen molar-refractivity contribution < 1.29 is 8.42 Å². The van der Waals surface area contributed by atoms with Crippen LogP contribution in [0.5, 0.6) is 0 Å². The molecule has 4 heteroatoms. The second-order valence-corrected chi connectivity index (χ2v) is 5.33. The van der Waals surface area contributed by atoms with Crippen LogP contribution in [0.15, 0.2) is 0 Å². The molecule has 0 aliphatic carbocycles. The van der Waals surface area contributed by atoms with Gasteiger partial charge in [-0.25, -0.2) is 0 Å². The van der Waals surface area contributed by atoms with Gasteiger partial charge in [0.2, 0.25) is 0 Å². The van der Waals surface area contributed by atoms with Crippen LogP contribution >= 0.6 is 0 Å². The van der Waals surface area contributed by atoms with Crippen LogP contribution in [0.1, 0.15) is 13.8 Å². The van der Waals surface area contributed by atoms with Crippen molar-refractivity contribution in [3.05, 3.63) is 0 Å². The van der Waals surface area contributed by atoms with Gasteiger partial charge in [-0.15, -0.1) is 0 Å². The molecule has 0 unspecified atom stereocenters. The second-order valence-electron chi connectivity index (χ2n) is 1.59. The fourth-order valence-corrected chi connectivity index (χ4v) is 0. The van der Waals surface area contributed by atoms with Gasteiger partial charge in [0, 0.05) is 0 Å². The van der Waals surface area contributed by atoms with Crippen molar-refractivity contribution in [2.75, 3.05) is 0 Å². The van der Waals surface area contributed by atoms with Crippen LogP contribution < -0.4 is 0 Å². The molecule has 0 atom stereocenters. The third kappa shape index (κ3) is 2.93. The van der Waals surface area contributed by atoms with E-state index in [-0.39, 0.29) is 5.25 Å². The van der Waals surface area contributed by atoms with Crippen LogP contribution in [-0.2, 0) is 20.5 Å². The van der Waals surface area contributed by atoms with E-state index in [9.17, 15) is 8.42 Å². The Kier molecular flexibility index (Phi) is 2.13. The zero-order chi connectivity index (χ0) is 6.08. The molecule has 0 fully saturated rings. The maximum absolute atomic E-state index is 10.2. The van der Waals surface area contributed by atoms with Crippen LogP contribution in [0, 0.1) is 0 Å². The first-order valence-corrected chi connectivity index (χ1v) is 4.70. The zero-order valence-corrected chi connectivity index (χ0v) is 6.12. The smallest absolute Gasteiger partial charge is 0.178 e. The molecule has 7 heavy (non-hydrogen) atoms. The van der Waals surface area contributed by atoms with Gasteiger partial charge in [0.25, 0.3) is 0 Å². The van der Waals surface area contributed by atoms with Crippen LogP contribution in [-0.4, -0.2) is 13.7 Å². The Morgan fingerprint density at radius 2 is 1.57 bits per heavy atom. The Morgan fingerprint density at radius 3 is 1.57 bits per heavy atom. The summed E-state index contributed by atoms with van der Waals surface area (Å²) in [5.74, 6) is 0. The fourth-order valence-electron chi connectivity index (χ4n) is 0. The van der Waals surface area contributed by atoms with E-state index in [1.54, 1.807) is 13.8 Å². The van der Waals surface area contributed by atoms with Gasteiger partial charge in [-0.1, -0.05) is 0 Å². The van der Waals surface area contributed by atoms with E-state index in [0.29, 0.717) is 0 Å². The molecule has 0 aliphatic heterocycles. The second kappa shape index (κ2) is 2.05. The van der Waals surface area contributed by atoms with Gasteiger partial charge >= 0.3 is 8.87 Å². The van der Waals surface area contributed by atoms with Crippen LogP contribution in [0.25, 0.3) is 0 Å². The molecule has 2 nitrogen and oxygen atoms in total. The summed E-state index contributed by atoms with van der Waals surface area (Å²) in [5, 5.41) is -0.316. The molecule has 0 heterocycles. The Bertz CT molecular complexity index is 133. The molecule has 44 valence electrons. The maximum atomic E-state index is 10.2. The Balaban J connectivity index is 4.10. The van der Waals surface area contributed by atoms with Gasteiger partial charge in [0.15, 0.2) is 0 Å². The summed E-state index contributed by atoms with van der Waals surface area (Å²) < 4.78 is 20.5. The lowest BCUT2D eigenvalue weighted by Gasteiger charge is -1.89. The molecular formula is C3H9O2S2+. The van der Waals surface area contributed by atoms with E-state index in [1.165, 1.54) is 0 Å². The summed E-state index contributed by atoms with van der Waals surface area (Å²) in [6.07, 6.45) is 0. The quantitative estimate of drug-likeness (QED) is 0.372.